The Labute approximate surface area is 115 Å². The van der Waals surface area contributed by atoms with Crippen molar-refractivity contribution in [3.63, 3.8) is 0 Å². The van der Waals surface area contributed by atoms with Crippen molar-refractivity contribution in [3.05, 3.63) is 64.7 Å². The Balaban J connectivity index is 2.17. The summed E-state index contributed by atoms with van der Waals surface area (Å²) in [6.45, 7) is 2.24. The Morgan fingerprint density at radius 1 is 1.20 bits per heavy atom. The maximum absolute atomic E-state index is 13.3. The second kappa shape index (κ2) is 5.69. The molecule has 0 spiro atoms. The van der Waals surface area contributed by atoms with Gasteiger partial charge < -0.3 is 11.1 Å². The maximum Gasteiger partial charge on any atom is 0.251 e. The number of rotatable bonds is 4. The van der Waals surface area contributed by atoms with Crippen LogP contribution in [0.2, 0.25) is 0 Å². The number of carbonyl (C=O) groups excluding carboxylic acids is 1. The molecule has 2 aromatic carbocycles. The van der Waals surface area contributed by atoms with Crippen LogP contribution in [-0.4, -0.2) is 5.91 Å². The summed E-state index contributed by atoms with van der Waals surface area (Å²) in [6, 6.07) is 8.51. The molecule has 3 N–H and O–H groups in total. The SMILES string of the molecule is Cc1ccc(F)cc1CNc1ccc(F)c(C(N)=O)c1. The van der Waals surface area contributed by atoms with Crippen molar-refractivity contribution in [2.24, 2.45) is 5.73 Å². The van der Waals surface area contributed by atoms with Gasteiger partial charge >= 0.3 is 0 Å². The Morgan fingerprint density at radius 3 is 2.65 bits per heavy atom. The van der Waals surface area contributed by atoms with Crippen LogP contribution in [0.5, 0.6) is 0 Å². The normalized spacial score (nSPS) is 10.3. The van der Waals surface area contributed by atoms with Gasteiger partial charge in [-0.25, -0.2) is 8.78 Å². The summed E-state index contributed by atoms with van der Waals surface area (Å²) in [5.74, 6) is -1.80. The molecule has 0 radical (unpaired) electrons. The molecule has 5 heteroatoms. The van der Waals surface area contributed by atoms with E-state index in [9.17, 15) is 13.6 Å². The lowest BCUT2D eigenvalue weighted by Crippen LogP contribution is -2.13. The third-order valence-corrected chi connectivity index (χ3v) is 3.03. The van der Waals surface area contributed by atoms with Crippen LogP contribution in [-0.2, 0) is 6.54 Å². The first-order valence-electron chi connectivity index (χ1n) is 6.05. The van der Waals surface area contributed by atoms with Crippen LogP contribution in [0.4, 0.5) is 14.5 Å². The molecule has 1 amide bonds. The van der Waals surface area contributed by atoms with E-state index in [4.69, 9.17) is 5.73 Å². The van der Waals surface area contributed by atoms with Gasteiger partial charge in [0.05, 0.1) is 5.56 Å². The number of amides is 1. The number of primary amides is 1. The molecule has 0 saturated carbocycles. The molecule has 0 aliphatic heterocycles. The number of benzene rings is 2. The van der Waals surface area contributed by atoms with Gasteiger partial charge in [-0.2, -0.15) is 0 Å². The highest BCUT2D eigenvalue weighted by atomic mass is 19.1. The molecule has 20 heavy (non-hydrogen) atoms. The van der Waals surface area contributed by atoms with Gasteiger partial charge in [0.25, 0.3) is 5.91 Å². The summed E-state index contributed by atoms with van der Waals surface area (Å²) in [5.41, 5.74) is 7.18. The van der Waals surface area contributed by atoms with E-state index in [1.807, 2.05) is 6.92 Å². The summed E-state index contributed by atoms with van der Waals surface area (Å²) < 4.78 is 26.5. The molecule has 0 unspecified atom stereocenters. The lowest BCUT2D eigenvalue weighted by Gasteiger charge is -2.10. The third-order valence-electron chi connectivity index (χ3n) is 3.03. The van der Waals surface area contributed by atoms with Crippen molar-refractivity contribution in [3.8, 4) is 0 Å². The number of nitrogens with one attached hydrogen (secondary N) is 1. The van der Waals surface area contributed by atoms with Crippen LogP contribution in [0.15, 0.2) is 36.4 Å². The number of anilines is 1. The van der Waals surface area contributed by atoms with E-state index in [1.54, 1.807) is 6.07 Å². The maximum atomic E-state index is 13.3. The summed E-state index contributed by atoms with van der Waals surface area (Å²) in [4.78, 5) is 11.1. The standard InChI is InChI=1S/C15H14F2N2O/c1-9-2-3-11(16)6-10(9)8-19-12-4-5-14(17)13(7-12)15(18)20/h2-7,19H,8H2,1H3,(H2,18,20). The smallest absolute Gasteiger partial charge is 0.251 e. The Bertz CT molecular complexity index is 656. The molecule has 0 atom stereocenters. The number of carbonyl (C=O) groups is 1. The average molecular weight is 276 g/mol. The highest BCUT2D eigenvalue weighted by Gasteiger charge is 2.09. The van der Waals surface area contributed by atoms with Gasteiger partial charge in [-0.3, -0.25) is 4.79 Å². The molecule has 0 bridgehead atoms. The quantitative estimate of drug-likeness (QED) is 0.902. The van der Waals surface area contributed by atoms with Crippen molar-refractivity contribution in [2.75, 3.05) is 5.32 Å². The Morgan fingerprint density at radius 2 is 1.95 bits per heavy atom. The Hall–Kier alpha value is -2.43. The van der Waals surface area contributed by atoms with Crippen molar-refractivity contribution in [1.29, 1.82) is 0 Å². The highest BCUT2D eigenvalue weighted by molar-refractivity contribution is 5.94. The van der Waals surface area contributed by atoms with Crippen LogP contribution in [0, 0.1) is 18.6 Å². The van der Waals surface area contributed by atoms with Gasteiger partial charge in [0.2, 0.25) is 0 Å². The predicted octanol–water partition coefficient (Wildman–Crippen LogP) is 2.98. The summed E-state index contributed by atoms with van der Waals surface area (Å²) in [5, 5.41) is 3.01. The fourth-order valence-electron chi connectivity index (χ4n) is 1.85. The Kier molecular flexibility index (Phi) is 3.98. The van der Waals surface area contributed by atoms with Crippen LogP contribution >= 0.6 is 0 Å². The molecule has 0 aliphatic carbocycles. The zero-order valence-corrected chi connectivity index (χ0v) is 10.9. The van der Waals surface area contributed by atoms with Crippen LogP contribution in [0.3, 0.4) is 0 Å². The van der Waals surface area contributed by atoms with Crippen LogP contribution in [0.1, 0.15) is 21.5 Å². The van der Waals surface area contributed by atoms with Crippen LogP contribution < -0.4 is 11.1 Å². The van der Waals surface area contributed by atoms with E-state index >= 15 is 0 Å². The molecule has 0 heterocycles. The van der Waals surface area contributed by atoms with Crippen molar-refractivity contribution in [2.45, 2.75) is 13.5 Å². The molecule has 0 saturated heterocycles. The number of nitrogens with two attached hydrogens (primary N) is 1. The molecule has 3 nitrogen and oxygen atoms in total. The predicted molar refractivity (Wildman–Crippen MR) is 73.4 cm³/mol. The van der Waals surface area contributed by atoms with Gasteiger partial charge in [0.15, 0.2) is 0 Å². The zero-order valence-electron chi connectivity index (χ0n) is 10.9. The highest BCUT2D eigenvalue weighted by Crippen LogP contribution is 2.17. The van der Waals surface area contributed by atoms with E-state index in [0.29, 0.717) is 12.2 Å². The first-order chi connectivity index (χ1) is 9.47. The monoisotopic (exact) mass is 276 g/mol. The molecule has 2 aromatic rings. The van der Waals surface area contributed by atoms with Crippen molar-refractivity contribution in [1.82, 2.24) is 0 Å². The zero-order chi connectivity index (χ0) is 14.7. The van der Waals surface area contributed by atoms with E-state index in [-0.39, 0.29) is 11.4 Å². The van der Waals surface area contributed by atoms with E-state index in [0.717, 1.165) is 11.1 Å². The van der Waals surface area contributed by atoms with E-state index in [2.05, 4.69) is 5.32 Å². The average Bonchev–Trinajstić information content (AvgIpc) is 2.41. The molecule has 104 valence electrons. The second-order valence-electron chi connectivity index (χ2n) is 4.48. The molecular weight excluding hydrogens is 262 g/mol. The first kappa shape index (κ1) is 14.0. The largest absolute Gasteiger partial charge is 0.381 e. The minimum Gasteiger partial charge on any atom is -0.381 e. The molecule has 0 fully saturated rings. The first-order valence-corrected chi connectivity index (χ1v) is 6.05. The number of halogens is 2. The van der Waals surface area contributed by atoms with Gasteiger partial charge in [-0.1, -0.05) is 6.07 Å². The van der Waals surface area contributed by atoms with Gasteiger partial charge in [-0.15, -0.1) is 0 Å². The van der Waals surface area contributed by atoms with Gasteiger partial charge in [0, 0.05) is 12.2 Å². The lowest BCUT2D eigenvalue weighted by molar-refractivity contribution is 0.0996. The fraction of sp³-hybridized carbons (Fsp3) is 0.133. The van der Waals surface area contributed by atoms with E-state index < -0.39 is 11.7 Å². The van der Waals surface area contributed by atoms with Gasteiger partial charge in [0.1, 0.15) is 11.6 Å². The summed E-state index contributed by atoms with van der Waals surface area (Å²) >= 11 is 0. The van der Waals surface area contributed by atoms with Crippen LogP contribution in [0.25, 0.3) is 0 Å². The molecular formula is C15H14F2N2O. The number of aryl methyl sites for hydroxylation is 1. The number of hydrogen-bond donors (Lipinski definition) is 2. The van der Waals surface area contributed by atoms with Gasteiger partial charge in [-0.05, 0) is 48.4 Å². The molecule has 0 aliphatic rings. The third kappa shape index (κ3) is 3.12. The van der Waals surface area contributed by atoms with E-state index in [1.165, 1.54) is 30.3 Å². The lowest BCUT2D eigenvalue weighted by atomic mass is 10.1. The molecule has 2 rings (SSSR count). The topological polar surface area (TPSA) is 55.1 Å². The minimum atomic E-state index is -0.826. The minimum absolute atomic E-state index is 0.175. The molecule has 0 aromatic heterocycles. The summed E-state index contributed by atoms with van der Waals surface area (Å²) in [6.07, 6.45) is 0. The van der Waals surface area contributed by atoms with Crippen molar-refractivity contribution >= 4 is 11.6 Å². The second-order valence-corrected chi connectivity index (χ2v) is 4.48. The number of hydrogen-bond acceptors (Lipinski definition) is 2. The fourth-order valence-corrected chi connectivity index (χ4v) is 1.85. The summed E-state index contributed by atoms with van der Waals surface area (Å²) in [7, 11) is 0. The van der Waals surface area contributed by atoms with Crippen molar-refractivity contribution < 1.29 is 13.6 Å².